The predicted octanol–water partition coefficient (Wildman–Crippen LogP) is 2.50. The SMILES string of the molecule is Cn1c(CNc2cccc(C(=O)NC3CNCCc4ccccc43)c2)nnc1-c1ccncn1. The van der Waals surface area contributed by atoms with Gasteiger partial charge >= 0.3 is 0 Å². The third kappa shape index (κ3) is 4.65. The first-order valence-electron chi connectivity index (χ1n) is 11.3. The number of benzene rings is 2. The lowest BCUT2D eigenvalue weighted by Crippen LogP contribution is -2.34. The molecule has 3 N–H and O–H groups in total. The quantitative estimate of drug-likeness (QED) is 0.411. The van der Waals surface area contributed by atoms with Crippen LogP contribution in [0.15, 0.2) is 67.1 Å². The van der Waals surface area contributed by atoms with Gasteiger partial charge in [-0.25, -0.2) is 9.97 Å². The van der Waals surface area contributed by atoms with E-state index in [2.05, 4.69) is 48.2 Å². The van der Waals surface area contributed by atoms with Crippen molar-refractivity contribution in [1.82, 2.24) is 35.4 Å². The van der Waals surface area contributed by atoms with Crippen LogP contribution in [0.1, 0.15) is 33.4 Å². The zero-order valence-electron chi connectivity index (χ0n) is 18.9. The molecule has 9 heteroatoms. The van der Waals surface area contributed by atoms with Crippen molar-refractivity contribution in [2.45, 2.75) is 19.0 Å². The summed E-state index contributed by atoms with van der Waals surface area (Å²) in [5.74, 6) is 1.33. The first-order valence-corrected chi connectivity index (χ1v) is 11.3. The zero-order chi connectivity index (χ0) is 23.3. The predicted molar refractivity (Wildman–Crippen MR) is 129 cm³/mol. The number of anilines is 1. The van der Waals surface area contributed by atoms with Crippen LogP contribution in [0.25, 0.3) is 11.5 Å². The maximum atomic E-state index is 13.1. The Morgan fingerprint density at radius 1 is 1.15 bits per heavy atom. The van der Waals surface area contributed by atoms with Gasteiger partial charge in [-0.3, -0.25) is 4.79 Å². The molecule has 1 atom stereocenters. The molecular formula is C25H26N8O. The fraction of sp³-hybridized carbons (Fsp3) is 0.240. The lowest BCUT2D eigenvalue weighted by atomic mass is 9.99. The van der Waals surface area contributed by atoms with Crippen LogP contribution < -0.4 is 16.0 Å². The maximum Gasteiger partial charge on any atom is 0.251 e. The van der Waals surface area contributed by atoms with Crippen molar-refractivity contribution in [3.63, 3.8) is 0 Å². The molecule has 0 aliphatic carbocycles. The standard InChI is InChI=1S/C25H26N8O/c1-33-23(31-32-24(33)21-10-12-27-16-29-21)15-28-19-7-4-6-18(13-19)25(34)30-22-14-26-11-9-17-5-2-3-8-20(17)22/h2-8,10,12-13,16,22,26,28H,9,11,14-15H2,1H3,(H,30,34). The van der Waals surface area contributed by atoms with Crippen LogP contribution in [0.4, 0.5) is 5.69 Å². The molecule has 172 valence electrons. The van der Waals surface area contributed by atoms with E-state index in [4.69, 9.17) is 0 Å². The Kier molecular flexibility index (Phi) is 6.26. The molecule has 0 spiro atoms. The van der Waals surface area contributed by atoms with Crippen molar-refractivity contribution in [2.75, 3.05) is 18.4 Å². The number of carbonyl (C=O) groups excluding carboxylic acids is 1. The van der Waals surface area contributed by atoms with Crippen LogP contribution >= 0.6 is 0 Å². The van der Waals surface area contributed by atoms with Crippen LogP contribution in [0.3, 0.4) is 0 Å². The fourth-order valence-corrected chi connectivity index (χ4v) is 4.16. The Morgan fingerprint density at radius 3 is 2.94 bits per heavy atom. The van der Waals surface area contributed by atoms with Crippen LogP contribution in [0.2, 0.25) is 0 Å². The highest BCUT2D eigenvalue weighted by Crippen LogP contribution is 2.22. The molecule has 2 aromatic carbocycles. The van der Waals surface area contributed by atoms with E-state index in [1.807, 2.05) is 48.0 Å². The van der Waals surface area contributed by atoms with Crippen molar-refractivity contribution >= 4 is 11.6 Å². The molecule has 1 amide bonds. The van der Waals surface area contributed by atoms with Gasteiger partial charge in [-0.15, -0.1) is 10.2 Å². The highest BCUT2D eigenvalue weighted by atomic mass is 16.1. The summed E-state index contributed by atoms with van der Waals surface area (Å²) in [6, 6.07) is 17.5. The number of carbonyl (C=O) groups is 1. The van der Waals surface area contributed by atoms with E-state index >= 15 is 0 Å². The van der Waals surface area contributed by atoms with E-state index in [1.165, 1.54) is 17.5 Å². The lowest BCUT2D eigenvalue weighted by Gasteiger charge is -2.19. The minimum atomic E-state index is -0.100. The van der Waals surface area contributed by atoms with E-state index < -0.39 is 0 Å². The van der Waals surface area contributed by atoms with Crippen molar-refractivity contribution < 1.29 is 4.79 Å². The first-order chi connectivity index (χ1) is 16.7. The number of rotatable bonds is 6. The molecule has 1 aliphatic heterocycles. The number of nitrogens with zero attached hydrogens (tertiary/aromatic N) is 5. The van der Waals surface area contributed by atoms with Gasteiger partial charge in [0, 0.05) is 31.0 Å². The average Bonchev–Trinajstić information content (AvgIpc) is 3.12. The van der Waals surface area contributed by atoms with Crippen LogP contribution in [0, 0.1) is 0 Å². The maximum absolute atomic E-state index is 13.1. The second-order valence-electron chi connectivity index (χ2n) is 8.21. The molecule has 3 heterocycles. The molecule has 0 radical (unpaired) electrons. The zero-order valence-corrected chi connectivity index (χ0v) is 18.9. The summed E-state index contributed by atoms with van der Waals surface area (Å²) >= 11 is 0. The molecular weight excluding hydrogens is 428 g/mol. The van der Waals surface area contributed by atoms with E-state index in [0.29, 0.717) is 30.2 Å². The molecule has 34 heavy (non-hydrogen) atoms. The summed E-state index contributed by atoms with van der Waals surface area (Å²) in [6.45, 7) is 2.07. The van der Waals surface area contributed by atoms with Gasteiger partial charge in [0.1, 0.15) is 12.0 Å². The summed E-state index contributed by atoms with van der Waals surface area (Å²) < 4.78 is 1.89. The Bertz CT molecular complexity index is 1290. The third-order valence-corrected chi connectivity index (χ3v) is 6.01. The van der Waals surface area contributed by atoms with Crippen molar-refractivity contribution in [1.29, 1.82) is 0 Å². The normalized spacial score (nSPS) is 15.3. The third-order valence-electron chi connectivity index (χ3n) is 6.01. The van der Waals surface area contributed by atoms with Gasteiger partial charge in [0.15, 0.2) is 11.6 Å². The second-order valence-corrected chi connectivity index (χ2v) is 8.21. The van der Waals surface area contributed by atoms with Gasteiger partial charge in [-0.1, -0.05) is 30.3 Å². The Morgan fingerprint density at radius 2 is 2.06 bits per heavy atom. The van der Waals surface area contributed by atoms with Gasteiger partial charge < -0.3 is 20.5 Å². The Balaban J connectivity index is 1.26. The van der Waals surface area contributed by atoms with E-state index in [-0.39, 0.29) is 11.9 Å². The average molecular weight is 455 g/mol. The molecule has 0 bridgehead atoms. The van der Waals surface area contributed by atoms with Gasteiger partial charge in [-0.05, 0) is 48.4 Å². The number of hydrogen-bond donors (Lipinski definition) is 3. The smallest absolute Gasteiger partial charge is 0.251 e. The molecule has 0 saturated carbocycles. The monoisotopic (exact) mass is 454 g/mol. The number of hydrogen-bond acceptors (Lipinski definition) is 7. The summed E-state index contributed by atoms with van der Waals surface area (Å²) in [4.78, 5) is 21.2. The lowest BCUT2D eigenvalue weighted by molar-refractivity contribution is 0.0936. The minimum absolute atomic E-state index is 0.0679. The van der Waals surface area contributed by atoms with Crippen molar-refractivity contribution in [3.05, 3.63) is 89.6 Å². The topological polar surface area (TPSA) is 110 Å². The fourth-order valence-electron chi connectivity index (χ4n) is 4.16. The largest absolute Gasteiger partial charge is 0.378 e. The van der Waals surface area contributed by atoms with E-state index in [0.717, 1.165) is 24.5 Å². The first kappa shape index (κ1) is 21.7. The van der Waals surface area contributed by atoms with Crippen LogP contribution in [0.5, 0.6) is 0 Å². The number of fused-ring (bicyclic) bond motifs is 1. The summed E-state index contributed by atoms with van der Waals surface area (Å²) in [7, 11) is 1.90. The van der Waals surface area contributed by atoms with Gasteiger partial charge in [-0.2, -0.15) is 0 Å². The molecule has 5 rings (SSSR count). The number of aromatic nitrogens is 5. The highest BCUT2D eigenvalue weighted by Gasteiger charge is 2.20. The molecule has 1 unspecified atom stereocenters. The number of nitrogens with one attached hydrogen (secondary N) is 3. The summed E-state index contributed by atoms with van der Waals surface area (Å²) in [6.07, 6.45) is 4.13. The minimum Gasteiger partial charge on any atom is -0.378 e. The molecule has 2 aromatic heterocycles. The Labute approximate surface area is 197 Å². The van der Waals surface area contributed by atoms with Crippen molar-refractivity contribution in [2.24, 2.45) is 7.05 Å². The molecule has 9 nitrogen and oxygen atoms in total. The molecule has 1 aliphatic rings. The van der Waals surface area contributed by atoms with Gasteiger partial charge in [0.25, 0.3) is 5.91 Å². The van der Waals surface area contributed by atoms with E-state index in [9.17, 15) is 4.79 Å². The second kappa shape index (κ2) is 9.80. The van der Waals surface area contributed by atoms with Gasteiger partial charge in [0.05, 0.1) is 12.6 Å². The van der Waals surface area contributed by atoms with Crippen LogP contribution in [-0.2, 0) is 20.0 Å². The molecule has 0 fully saturated rings. The summed E-state index contributed by atoms with van der Waals surface area (Å²) in [5, 5.41) is 18.5. The Hall–Kier alpha value is -4.11. The number of amides is 1. The van der Waals surface area contributed by atoms with Crippen molar-refractivity contribution in [3.8, 4) is 11.5 Å². The van der Waals surface area contributed by atoms with Crippen LogP contribution in [-0.4, -0.2) is 43.7 Å². The molecule has 0 saturated heterocycles. The molecule has 4 aromatic rings. The highest BCUT2D eigenvalue weighted by molar-refractivity contribution is 5.95. The summed E-state index contributed by atoms with van der Waals surface area (Å²) in [5.41, 5.74) is 4.60. The van der Waals surface area contributed by atoms with E-state index in [1.54, 1.807) is 12.3 Å². The van der Waals surface area contributed by atoms with Gasteiger partial charge in [0.2, 0.25) is 0 Å².